The fraction of sp³-hybridized carbons (Fsp3) is 0.667. The molecular formula is C12H19ClN2OS. The van der Waals surface area contributed by atoms with Crippen molar-refractivity contribution in [2.45, 2.75) is 19.1 Å². The van der Waals surface area contributed by atoms with E-state index in [-0.39, 0.29) is 12.1 Å². The molecule has 3 nitrogen and oxygen atoms in total. The number of likely N-dealkylation sites (N-methyl/N-ethyl adjacent to an activating group) is 2. The highest BCUT2D eigenvalue weighted by Gasteiger charge is 2.29. The molecule has 0 aromatic carbocycles. The van der Waals surface area contributed by atoms with Crippen molar-refractivity contribution in [3.05, 3.63) is 21.3 Å². The van der Waals surface area contributed by atoms with E-state index in [1.807, 2.05) is 11.4 Å². The van der Waals surface area contributed by atoms with Crippen molar-refractivity contribution in [2.24, 2.45) is 0 Å². The van der Waals surface area contributed by atoms with Crippen molar-refractivity contribution in [1.82, 2.24) is 10.2 Å². The molecule has 0 spiro atoms. The summed E-state index contributed by atoms with van der Waals surface area (Å²) in [5.41, 5.74) is 0. The van der Waals surface area contributed by atoms with E-state index in [0.717, 1.165) is 31.3 Å². The molecule has 1 aromatic rings. The lowest BCUT2D eigenvalue weighted by molar-refractivity contribution is -0.0383. The summed E-state index contributed by atoms with van der Waals surface area (Å²) in [7, 11) is 2.13. The Morgan fingerprint density at radius 3 is 3.12 bits per heavy atom. The average Bonchev–Trinajstić information content (AvgIpc) is 2.72. The zero-order valence-corrected chi connectivity index (χ0v) is 11.9. The highest BCUT2D eigenvalue weighted by atomic mass is 35.5. The molecule has 17 heavy (non-hydrogen) atoms. The van der Waals surface area contributed by atoms with Gasteiger partial charge in [-0.25, -0.2) is 0 Å². The number of rotatable bonds is 4. The van der Waals surface area contributed by atoms with Crippen molar-refractivity contribution >= 4 is 22.9 Å². The van der Waals surface area contributed by atoms with Gasteiger partial charge in [-0.2, -0.15) is 0 Å². The Kier molecular flexibility index (Phi) is 4.82. The Morgan fingerprint density at radius 2 is 2.53 bits per heavy atom. The summed E-state index contributed by atoms with van der Waals surface area (Å²) in [6.45, 7) is 5.79. The largest absolute Gasteiger partial charge is 0.374 e. The first kappa shape index (κ1) is 13.3. The molecule has 1 saturated heterocycles. The Balaban J connectivity index is 2.14. The topological polar surface area (TPSA) is 24.5 Å². The van der Waals surface area contributed by atoms with Crippen LogP contribution in [0.1, 0.15) is 17.8 Å². The summed E-state index contributed by atoms with van der Waals surface area (Å²) in [4.78, 5) is 3.49. The minimum Gasteiger partial charge on any atom is -0.374 e. The molecule has 5 heteroatoms. The zero-order valence-electron chi connectivity index (χ0n) is 10.3. The first-order chi connectivity index (χ1) is 8.22. The van der Waals surface area contributed by atoms with Gasteiger partial charge in [0.2, 0.25) is 0 Å². The van der Waals surface area contributed by atoms with Gasteiger partial charge < -0.3 is 15.0 Å². The number of morpholine rings is 1. The van der Waals surface area contributed by atoms with Crippen molar-refractivity contribution < 1.29 is 4.74 Å². The minimum absolute atomic E-state index is 0.185. The van der Waals surface area contributed by atoms with Gasteiger partial charge in [0, 0.05) is 18.0 Å². The van der Waals surface area contributed by atoms with Crippen LogP contribution in [0.5, 0.6) is 0 Å². The lowest BCUT2D eigenvalue weighted by Crippen LogP contribution is -2.46. The number of nitrogens with zero attached hydrogens (tertiary/aromatic N) is 1. The molecule has 1 aliphatic heterocycles. The second kappa shape index (κ2) is 6.16. The maximum Gasteiger partial charge on any atom is 0.0905 e. The quantitative estimate of drug-likeness (QED) is 0.912. The number of thiophene rings is 1. The van der Waals surface area contributed by atoms with Gasteiger partial charge in [-0.1, -0.05) is 18.5 Å². The van der Waals surface area contributed by atoms with Gasteiger partial charge in [0.05, 0.1) is 23.8 Å². The molecule has 0 bridgehead atoms. The molecular weight excluding hydrogens is 256 g/mol. The molecule has 1 N–H and O–H groups in total. The summed E-state index contributed by atoms with van der Waals surface area (Å²) in [6.07, 6.45) is 0.185. The number of ether oxygens (including phenoxy) is 1. The van der Waals surface area contributed by atoms with E-state index in [1.54, 1.807) is 11.3 Å². The Hall–Kier alpha value is -0.130. The van der Waals surface area contributed by atoms with Crippen LogP contribution in [0.2, 0.25) is 5.02 Å². The molecule has 2 heterocycles. The molecule has 1 fully saturated rings. The molecule has 1 aliphatic rings. The summed E-state index contributed by atoms with van der Waals surface area (Å²) in [5.74, 6) is 0. The standard InChI is InChI=1S/C12H19ClN2OS/c1-3-14-11(12-9(13)4-7-17-12)10-8-15(2)5-6-16-10/h4,7,10-11,14H,3,5-6,8H2,1-2H3. The minimum atomic E-state index is 0.185. The molecule has 96 valence electrons. The van der Waals surface area contributed by atoms with E-state index in [0.29, 0.717) is 0 Å². The smallest absolute Gasteiger partial charge is 0.0905 e. The van der Waals surface area contributed by atoms with Crippen LogP contribution in [0.25, 0.3) is 0 Å². The van der Waals surface area contributed by atoms with Gasteiger partial charge in [-0.15, -0.1) is 11.3 Å². The molecule has 2 atom stereocenters. The van der Waals surface area contributed by atoms with Gasteiger partial charge in [0.15, 0.2) is 0 Å². The summed E-state index contributed by atoms with van der Waals surface area (Å²) >= 11 is 7.93. The first-order valence-electron chi connectivity index (χ1n) is 5.98. The third kappa shape index (κ3) is 3.20. The van der Waals surface area contributed by atoms with Crippen LogP contribution in [-0.4, -0.2) is 44.3 Å². The normalized spacial score (nSPS) is 23.8. The zero-order chi connectivity index (χ0) is 12.3. The summed E-state index contributed by atoms with van der Waals surface area (Å²) in [6, 6.07) is 2.16. The second-order valence-corrected chi connectivity index (χ2v) is 5.69. The number of hydrogen-bond donors (Lipinski definition) is 1. The SMILES string of the molecule is CCNC(c1sccc1Cl)C1CN(C)CCO1. The second-order valence-electron chi connectivity index (χ2n) is 4.34. The molecule has 0 amide bonds. The molecule has 0 aliphatic carbocycles. The van der Waals surface area contributed by atoms with Gasteiger partial charge >= 0.3 is 0 Å². The van der Waals surface area contributed by atoms with Crippen LogP contribution in [0.4, 0.5) is 0 Å². The molecule has 0 saturated carbocycles. The lowest BCUT2D eigenvalue weighted by Gasteiger charge is -2.35. The maximum atomic E-state index is 6.23. The van der Waals surface area contributed by atoms with Gasteiger partial charge in [0.1, 0.15) is 0 Å². The van der Waals surface area contributed by atoms with E-state index in [4.69, 9.17) is 16.3 Å². The molecule has 2 unspecified atom stereocenters. The predicted molar refractivity (Wildman–Crippen MR) is 73.0 cm³/mol. The molecule has 2 rings (SSSR count). The third-order valence-corrected chi connectivity index (χ3v) is 4.46. The highest BCUT2D eigenvalue weighted by molar-refractivity contribution is 7.10. The predicted octanol–water partition coefficient (Wildman–Crippen LogP) is 2.38. The van der Waals surface area contributed by atoms with E-state index in [1.165, 1.54) is 4.88 Å². The average molecular weight is 275 g/mol. The Labute approximate surface area is 112 Å². The van der Waals surface area contributed by atoms with Gasteiger partial charge in [0.25, 0.3) is 0 Å². The fourth-order valence-electron chi connectivity index (χ4n) is 2.15. The summed E-state index contributed by atoms with van der Waals surface area (Å²) in [5, 5.41) is 6.37. The van der Waals surface area contributed by atoms with Crippen molar-refractivity contribution in [3.8, 4) is 0 Å². The van der Waals surface area contributed by atoms with Gasteiger partial charge in [-0.05, 0) is 25.0 Å². The number of hydrogen-bond acceptors (Lipinski definition) is 4. The van der Waals surface area contributed by atoms with Crippen LogP contribution < -0.4 is 5.32 Å². The van der Waals surface area contributed by atoms with Crippen LogP contribution in [0, 0.1) is 0 Å². The van der Waals surface area contributed by atoms with E-state index in [9.17, 15) is 0 Å². The first-order valence-corrected chi connectivity index (χ1v) is 7.24. The van der Waals surface area contributed by atoms with Crippen molar-refractivity contribution in [2.75, 3.05) is 33.3 Å². The van der Waals surface area contributed by atoms with E-state index < -0.39 is 0 Å². The monoisotopic (exact) mass is 274 g/mol. The Bertz CT molecular complexity index is 358. The Morgan fingerprint density at radius 1 is 1.71 bits per heavy atom. The maximum absolute atomic E-state index is 6.23. The molecule has 1 aromatic heterocycles. The number of halogens is 1. The fourth-order valence-corrected chi connectivity index (χ4v) is 3.45. The van der Waals surface area contributed by atoms with Crippen LogP contribution >= 0.6 is 22.9 Å². The number of nitrogens with one attached hydrogen (secondary N) is 1. The van der Waals surface area contributed by atoms with Gasteiger partial charge in [-0.3, -0.25) is 0 Å². The van der Waals surface area contributed by atoms with E-state index in [2.05, 4.69) is 24.2 Å². The van der Waals surface area contributed by atoms with Crippen LogP contribution in [0.15, 0.2) is 11.4 Å². The lowest BCUT2D eigenvalue weighted by atomic mass is 10.1. The van der Waals surface area contributed by atoms with Crippen LogP contribution in [0.3, 0.4) is 0 Å². The highest BCUT2D eigenvalue weighted by Crippen LogP contribution is 2.32. The summed E-state index contributed by atoms with van der Waals surface area (Å²) < 4.78 is 5.89. The van der Waals surface area contributed by atoms with E-state index >= 15 is 0 Å². The third-order valence-electron chi connectivity index (χ3n) is 3.02. The van der Waals surface area contributed by atoms with Crippen molar-refractivity contribution in [3.63, 3.8) is 0 Å². The van der Waals surface area contributed by atoms with Crippen molar-refractivity contribution in [1.29, 1.82) is 0 Å². The van der Waals surface area contributed by atoms with Crippen LogP contribution in [-0.2, 0) is 4.74 Å². The molecule has 0 radical (unpaired) electrons.